The molecule has 1 rings (SSSR count). The molecule has 0 aliphatic carbocycles. The molecule has 0 radical (unpaired) electrons. The third-order valence-electron chi connectivity index (χ3n) is 1.94. The van der Waals surface area contributed by atoms with Crippen molar-refractivity contribution in [2.75, 3.05) is 0 Å². The maximum atomic E-state index is 11.7. The van der Waals surface area contributed by atoms with Crippen LogP contribution in [-0.4, -0.2) is 21.4 Å². The van der Waals surface area contributed by atoms with Gasteiger partial charge in [-0.05, 0) is 33.8 Å². The molecular weight excluding hydrogens is 192 g/mol. The smallest absolute Gasteiger partial charge is 0.315 e. The molecule has 15 heavy (non-hydrogen) atoms. The summed E-state index contributed by atoms with van der Waals surface area (Å²) >= 11 is 0. The van der Waals surface area contributed by atoms with Crippen LogP contribution in [0, 0.1) is 0 Å². The fourth-order valence-corrected chi connectivity index (χ4v) is 1.17. The lowest BCUT2D eigenvalue weighted by Crippen LogP contribution is -2.27. The zero-order valence-corrected chi connectivity index (χ0v) is 9.94. The van der Waals surface area contributed by atoms with Gasteiger partial charge in [0.2, 0.25) is 0 Å². The molecule has 1 unspecified atom stereocenters. The Kier molecular flexibility index (Phi) is 3.17. The van der Waals surface area contributed by atoms with Gasteiger partial charge >= 0.3 is 5.97 Å². The molecule has 0 N–H and O–H groups in total. The number of carbonyl (C=O) groups is 1. The van der Waals surface area contributed by atoms with Gasteiger partial charge in [0.15, 0.2) is 0 Å². The van der Waals surface area contributed by atoms with E-state index in [2.05, 4.69) is 5.10 Å². The van der Waals surface area contributed by atoms with Gasteiger partial charge < -0.3 is 4.74 Å². The number of rotatable bonds is 2. The Labute approximate surface area is 90.2 Å². The van der Waals surface area contributed by atoms with Gasteiger partial charge in [0.05, 0.1) is 11.6 Å². The summed E-state index contributed by atoms with van der Waals surface area (Å²) in [6.45, 7) is 7.37. The van der Waals surface area contributed by atoms with Crippen molar-refractivity contribution in [3.63, 3.8) is 0 Å². The van der Waals surface area contributed by atoms with Crippen LogP contribution >= 0.6 is 0 Å². The fourth-order valence-electron chi connectivity index (χ4n) is 1.17. The summed E-state index contributed by atoms with van der Waals surface area (Å²) in [7, 11) is 1.82. The molecule has 0 saturated carbocycles. The lowest BCUT2D eigenvalue weighted by atomic mass is 10.1. The quantitative estimate of drug-likeness (QED) is 0.700. The molecule has 0 aliphatic rings. The van der Waals surface area contributed by atoms with Crippen LogP contribution < -0.4 is 0 Å². The maximum Gasteiger partial charge on any atom is 0.315 e. The third-order valence-corrected chi connectivity index (χ3v) is 1.94. The zero-order chi connectivity index (χ0) is 11.6. The molecule has 4 nitrogen and oxygen atoms in total. The van der Waals surface area contributed by atoms with Crippen molar-refractivity contribution >= 4 is 5.97 Å². The summed E-state index contributed by atoms with van der Waals surface area (Å²) in [6, 6.07) is 1.83. The van der Waals surface area contributed by atoms with Crippen molar-refractivity contribution in [3.05, 3.63) is 18.0 Å². The van der Waals surface area contributed by atoms with E-state index in [0.717, 1.165) is 5.69 Å². The molecule has 1 heterocycles. The Hall–Kier alpha value is -1.32. The minimum Gasteiger partial charge on any atom is -0.459 e. The van der Waals surface area contributed by atoms with Crippen LogP contribution in [0.4, 0.5) is 0 Å². The van der Waals surface area contributed by atoms with Crippen molar-refractivity contribution in [2.24, 2.45) is 7.05 Å². The van der Waals surface area contributed by atoms with Gasteiger partial charge in [-0.3, -0.25) is 9.48 Å². The first-order chi connectivity index (χ1) is 6.79. The Balaban J connectivity index is 2.69. The van der Waals surface area contributed by atoms with E-state index >= 15 is 0 Å². The molecule has 0 spiro atoms. The number of nitrogens with zero attached hydrogens (tertiary/aromatic N) is 2. The highest BCUT2D eigenvalue weighted by Gasteiger charge is 2.24. The van der Waals surface area contributed by atoms with Gasteiger partial charge in [-0.2, -0.15) is 5.10 Å². The van der Waals surface area contributed by atoms with Gasteiger partial charge in [-0.1, -0.05) is 0 Å². The zero-order valence-electron chi connectivity index (χ0n) is 9.94. The molecule has 84 valence electrons. The van der Waals surface area contributed by atoms with Crippen LogP contribution in [0.15, 0.2) is 12.3 Å². The van der Waals surface area contributed by atoms with Gasteiger partial charge in [0.1, 0.15) is 5.60 Å². The lowest BCUT2D eigenvalue weighted by molar-refractivity contribution is -0.156. The third kappa shape index (κ3) is 3.38. The van der Waals surface area contributed by atoms with Gasteiger partial charge in [-0.25, -0.2) is 0 Å². The molecule has 1 aromatic rings. The van der Waals surface area contributed by atoms with Crippen molar-refractivity contribution in [2.45, 2.75) is 39.2 Å². The number of carbonyl (C=O) groups excluding carboxylic acids is 1. The van der Waals surface area contributed by atoms with E-state index in [1.165, 1.54) is 0 Å². The van der Waals surface area contributed by atoms with Crippen LogP contribution in [-0.2, 0) is 16.6 Å². The summed E-state index contributed by atoms with van der Waals surface area (Å²) in [5.41, 5.74) is 0.298. The van der Waals surface area contributed by atoms with Crippen molar-refractivity contribution in [1.82, 2.24) is 9.78 Å². The molecule has 0 bridgehead atoms. The molecule has 1 atom stereocenters. The summed E-state index contributed by atoms with van der Waals surface area (Å²) < 4.78 is 6.95. The SMILES string of the molecule is CC(C(=O)OC(C)(C)C)c1ccn(C)n1. The predicted molar refractivity (Wildman–Crippen MR) is 57.5 cm³/mol. The summed E-state index contributed by atoms with van der Waals surface area (Å²) in [4.78, 5) is 11.7. The van der Waals surface area contributed by atoms with Crippen LogP contribution in [0.1, 0.15) is 39.3 Å². The number of ether oxygens (including phenoxy) is 1. The lowest BCUT2D eigenvalue weighted by Gasteiger charge is -2.21. The second kappa shape index (κ2) is 4.04. The largest absolute Gasteiger partial charge is 0.459 e. The fraction of sp³-hybridized carbons (Fsp3) is 0.636. The van der Waals surface area contributed by atoms with Crippen molar-refractivity contribution in [3.8, 4) is 0 Å². The van der Waals surface area contributed by atoms with E-state index in [9.17, 15) is 4.79 Å². The molecule has 1 aromatic heterocycles. The number of aromatic nitrogens is 2. The second-order valence-corrected chi connectivity index (χ2v) is 4.67. The first kappa shape index (κ1) is 11.8. The minimum atomic E-state index is -0.444. The second-order valence-electron chi connectivity index (χ2n) is 4.67. The number of hydrogen-bond acceptors (Lipinski definition) is 3. The average Bonchev–Trinajstić information content (AvgIpc) is 2.47. The first-order valence-corrected chi connectivity index (χ1v) is 5.02. The van der Waals surface area contributed by atoms with Crippen molar-refractivity contribution in [1.29, 1.82) is 0 Å². The highest BCUT2D eigenvalue weighted by atomic mass is 16.6. The van der Waals surface area contributed by atoms with E-state index in [0.29, 0.717) is 0 Å². The minimum absolute atomic E-state index is 0.235. The van der Waals surface area contributed by atoms with E-state index in [1.807, 2.05) is 40.1 Å². The Morgan fingerprint density at radius 2 is 2.13 bits per heavy atom. The van der Waals surface area contributed by atoms with Gasteiger partial charge in [0.25, 0.3) is 0 Å². The summed E-state index contributed by atoms with van der Waals surface area (Å²) in [6.07, 6.45) is 1.82. The summed E-state index contributed by atoms with van der Waals surface area (Å²) in [5, 5.41) is 4.18. The van der Waals surface area contributed by atoms with Crippen LogP contribution in [0.3, 0.4) is 0 Å². The highest BCUT2D eigenvalue weighted by Crippen LogP contribution is 2.18. The standard InChI is InChI=1S/C11H18N2O2/c1-8(9-6-7-13(5)12-9)10(14)15-11(2,3)4/h6-8H,1-5H3. The number of hydrogen-bond donors (Lipinski definition) is 0. The Morgan fingerprint density at radius 3 is 2.53 bits per heavy atom. The highest BCUT2D eigenvalue weighted by molar-refractivity contribution is 5.77. The molecule has 0 fully saturated rings. The first-order valence-electron chi connectivity index (χ1n) is 5.02. The van der Waals surface area contributed by atoms with E-state index in [1.54, 1.807) is 11.6 Å². The topological polar surface area (TPSA) is 44.1 Å². The normalized spacial score (nSPS) is 13.7. The van der Waals surface area contributed by atoms with Crippen LogP contribution in [0.25, 0.3) is 0 Å². The molecular formula is C11H18N2O2. The predicted octanol–water partition coefficient (Wildman–Crippen LogP) is 1.87. The molecule has 4 heteroatoms. The van der Waals surface area contributed by atoms with Crippen LogP contribution in [0.5, 0.6) is 0 Å². The van der Waals surface area contributed by atoms with E-state index in [-0.39, 0.29) is 11.9 Å². The molecule has 0 aliphatic heterocycles. The van der Waals surface area contributed by atoms with Gasteiger partial charge in [0, 0.05) is 13.2 Å². The van der Waals surface area contributed by atoms with Crippen LogP contribution in [0.2, 0.25) is 0 Å². The Morgan fingerprint density at radius 1 is 1.53 bits per heavy atom. The average molecular weight is 210 g/mol. The van der Waals surface area contributed by atoms with E-state index < -0.39 is 5.60 Å². The molecule has 0 amide bonds. The number of esters is 1. The van der Waals surface area contributed by atoms with Gasteiger partial charge in [-0.15, -0.1) is 0 Å². The number of aryl methyl sites for hydroxylation is 1. The summed E-state index contributed by atoms with van der Waals surface area (Å²) in [5.74, 6) is -0.549. The monoisotopic (exact) mass is 210 g/mol. The maximum absolute atomic E-state index is 11.7. The molecule has 0 saturated heterocycles. The Bertz CT molecular complexity index is 350. The van der Waals surface area contributed by atoms with Crippen molar-refractivity contribution < 1.29 is 9.53 Å². The van der Waals surface area contributed by atoms with E-state index in [4.69, 9.17) is 4.74 Å². The molecule has 0 aromatic carbocycles.